The second kappa shape index (κ2) is 7.14. The van der Waals surface area contributed by atoms with Crippen LogP contribution in [0.15, 0.2) is 18.6 Å². The topological polar surface area (TPSA) is 60.2 Å². The van der Waals surface area contributed by atoms with E-state index >= 15 is 0 Å². The summed E-state index contributed by atoms with van der Waals surface area (Å²) >= 11 is 0. The monoisotopic (exact) mass is 382 g/mol. The molecule has 3 aliphatic rings. The Balaban J connectivity index is 1.38. The molecule has 1 spiro atoms. The lowest BCUT2D eigenvalue weighted by Gasteiger charge is -2.43. The van der Waals surface area contributed by atoms with E-state index in [1.165, 1.54) is 44.9 Å². The molecule has 1 aliphatic heterocycles. The summed E-state index contributed by atoms with van der Waals surface area (Å²) in [6, 6.07) is 2.44. The van der Waals surface area contributed by atoms with Gasteiger partial charge in [0.2, 0.25) is 0 Å². The minimum absolute atomic E-state index is 0.0886. The number of carbonyl (C=O) groups excluding carboxylic acids is 1. The van der Waals surface area contributed by atoms with Crippen LogP contribution in [0.25, 0.3) is 11.2 Å². The quantitative estimate of drug-likeness (QED) is 0.806. The van der Waals surface area contributed by atoms with Crippen molar-refractivity contribution in [2.45, 2.75) is 69.9 Å². The maximum Gasteiger partial charge on any atom is 0.255 e. The fourth-order valence-electron chi connectivity index (χ4n) is 5.94. The second-order valence-electron chi connectivity index (χ2n) is 8.97. The Hall–Kier alpha value is -1.95. The van der Waals surface area contributed by atoms with Crippen molar-refractivity contribution in [3.8, 4) is 0 Å². The van der Waals surface area contributed by atoms with E-state index in [4.69, 9.17) is 4.74 Å². The molecule has 2 aromatic heterocycles. The third-order valence-corrected chi connectivity index (χ3v) is 7.38. The minimum Gasteiger partial charge on any atom is -0.381 e. The molecule has 1 saturated heterocycles. The number of pyridine rings is 1. The standard InChI is InChI=1S/C22H30N4O2/c1-28-19-8-4-9-22(19)10-5-11-25(14-22)21(27)16-12-18-20(23-13-16)26(15-24-18)17-6-2-3-7-17/h12-13,15,17,19H,2-11,14H2,1H3/t19-,22-/m1/s1. The molecule has 2 atom stereocenters. The fourth-order valence-corrected chi connectivity index (χ4v) is 5.94. The van der Waals surface area contributed by atoms with E-state index in [0.29, 0.717) is 11.6 Å². The van der Waals surface area contributed by atoms with Gasteiger partial charge in [-0.25, -0.2) is 9.97 Å². The Morgan fingerprint density at radius 3 is 2.79 bits per heavy atom. The minimum atomic E-state index is 0.0886. The van der Waals surface area contributed by atoms with E-state index in [1.54, 1.807) is 6.20 Å². The number of aromatic nitrogens is 3. The highest BCUT2D eigenvalue weighted by atomic mass is 16.5. The molecule has 0 bridgehead atoms. The molecule has 0 unspecified atom stereocenters. The van der Waals surface area contributed by atoms with Crippen molar-refractivity contribution in [1.29, 1.82) is 0 Å². The molecule has 150 valence electrons. The number of rotatable bonds is 3. The van der Waals surface area contributed by atoms with Crippen molar-refractivity contribution in [2.24, 2.45) is 5.41 Å². The molecule has 0 radical (unpaired) electrons. The highest BCUT2D eigenvalue weighted by Gasteiger charge is 2.46. The van der Waals surface area contributed by atoms with Crippen molar-refractivity contribution in [3.05, 3.63) is 24.2 Å². The van der Waals surface area contributed by atoms with E-state index in [9.17, 15) is 4.79 Å². The lowest BCUT2D eigenvalue weighted by molar-refractivity contribution is -0.0295. The lowest BCUT2D eigenvalue weighted by Crippen LogP contribution is -2.49. The number of nitrogens with zero attached hydrogens (tertiary/aromatic N) is 4. The first-order chi connectivity index (χ1) is 13.7. The Morgan fingerprint density at radius 1 is 1.14 bits per heavy atom. The first-order valence-electron chi connectivity index (χ1n) is 10.8. The van der Waals surface area contributed by atoms with Gasteiger partial charge in [0.15, 0.2) is 5.65 Å². The first kappa shape index (κ1) is 18.1. The second-order valence-corrected chi connectivity index (χ2v) is 8.97. The SMILES string of the molecule is CO[C@@H]1CCC[C@]12CCCN(C(=O)c1cnc3c(c1)ncn3C1CCCC1)C2. The number of likely N-dealkylation sites (tertiary alicyclic amines) is 1. The molecular formula is C22H30N4O2. The van der Waals surface area contributed by atoms with Crippen molar-refractivity contribution in [3.63, 3.8) is 0 Å². The summed E-state index contributed by atoms with van der Waals surface area (Å²) < 4.78 is 7.99. The lowest BCUT2D eigenvalue weighted by atomic mass is 9.76. The van der Waals surface area contributed by atoms with Crippen LogP contribution in [0.3, 0.4) is 0 Å². The normalized spacial score (nSPS) is 28.6. The van der Waals surface area contributed by atoms with Crippen LogP contribution in [-0.4, -0.2) is 51.6 Å². The van der Waals surface area contributed by atoms with E-state index in [1.807, 2.05) is 24.4 Å². The average Bonchev–Trinajstić information content (AvgIpc) is 3.46. The van der Waals surface area contributed by atoms with E-state index < -0.39 is 0 Å². The number of hydrogen-bond acceptors (Lipinski definition) is 4. The smallest absolute Gasteiger partial charge is 0.255 e. The van der Waals surface area contributed by atoms with Crippen molar-refractivity contribution >= 4 is 17.1 Å². The summed E-state index contributed by atoms with van der Waals surface area (Å²) in [5.41, 5.74) is 2.55. The Bertz CT molecular complexity index is 873. The third-order valence-electron chi connectivity index (χ3n) is 7.38. The maximum atomic E-state index is 13.3. The number of amides is 1. The van der Waals surface area contributed by atoms with Crippen LogP contribution in [0, 0.1) is 5.41 Å². The molecule has 28 heavy (non-hydrogen) atoms. The summed E-state index contributed by atoms with van der Waals surface area (Å²) in [6.07, 6.45) is 14.6. The van der Waals surface area contributed by atoms with Crippen molar-refractivity contribution in [2.75, 3.05) is 20.2 Å². The largest absolute Gasteiger partial charge is 0.381 e. The third kappa shape index (κ3) is 2.93. The number of methoxy groups -OCH3 is 1. The molecule has 2 saturated carbocycles. The Morgan fingerprint density at radius 2 is 1.96 bits per heavy atom. The molecule has 3 fully saturated rings. The summed E-state index contributed by atoms with van der Waals surface area (Å²) in [7, 11) is 1.82. The molecule has 0 N–H and O–H groups in total. The van der Waals surface area contributed by atoms with Gasteiger partial charge in [-0.3, -0.25) is 4.79 Å². The molecule has 2 aliphatic carbocycles. The van der Waals surface area contributed by atoms with Crippen LogP contribution in [0.1, 0.15) is 74.2 Å². The van der Waals surface area contributed by atoms with Gasteiger partial charge < -0.3 is 14.2 Å². The first-order valence-corrected chi connectivity index (χ1v) is 10.8. The van der Waals surface area contributed by atoms with Crippen molar-refractivity contribution < 1.29 is 9.53 Å². The Kier molecular flexibility index (Phi) is 4.62. The molecule has 0 aromatic carbocycles. The number of piperidine rings is 1. The van der Waals surface area contributed by atoms with Crippen LogP contribution in [0.2, 0.25) is 0 Å². The number of fused-ring (bicyclic) bond motifs is 1. The van der Waals surface area contributed by atoms with Crippen LogP contribution in [-0.2, 0) is 4.74 Å². The molecule has 3 heterocycles. The van der Waals surface area contributed by atoms with Gasteiger partial charge >= 0.3 is 0 Å². The number of ether oxygens (including phenoxy) is 1. The van der Waals surface area contributed by atoms with Gasteiger partial charge in [-0.15, -0.1) is 0 Å². The zero-order chi connectivity index (χ0) is 19.1. The van der Waals surface area contributed by atoms with Crippen LogP contribution >= 0.6 is 0 Å². The molecule has 1 amide bonds. The van der Waals surface area contributed by atoms with E-state index in [2.05, 4.69) is 14.5 Å². The van der Waals surface area contributed by atoms with Gasteiger partial charge in [-0.05, 0) is 44.6 Å². The molecule has 6 heteroatoms. The van der Waals surface area contributed by atoms with E-state index in [0.717, 1.165) is 37.1 Å². The predicted molar refractivity (Wildman–Crippen MR) is 107 cm³/mol. The summed E-state index contributed by atoms with van der Waals surface area (Å²) in [4.78, 5) is 24.5. The maximum absolute atomic E-state index is 13.3. The number of hydrogen-bond donors (Lipinski definition) is 0. The number of carbonyl (C=O) groups is 1. The highest BCUT2D eigenvalue weighted by Crippen LogP contribution is 2.46. The van der Waals surface area contributed by atoms with Gasteiger partial charge in [-0.1, -0.05) is 19.3 Å². The van der Waals surface area contributed by atoms with Crippen LogP contribution < -0.4 is 0 Å². The summed E-state index contributed by atoms with van der Waals surface area (Å²) in [5.74, 6) is 0.0886. The van der Waals surface area contributed by atoms with Crippen molar-refractivity contribution in [1.82, 2.24) is 19.4 Å². The van der Waals surface area contributed by atoms with Gasteiger partial charge in [0.1, 0.15) is 5.52 Å². The van der Waals surface area contributed by atoms with Gasteiger partial charge in [0.25, 0.3) is 5.91 Å². The molecule has 2 aromatic rings. The number of imidazole rings is 1. The highest BCUT2D eigenvalue weighted by molar-refractivity contribution is 5.96. The summed E-state index contributed by atoms with van der Waals surface area (Å²) in [5, 5.41) is 0. The molecule has 5 rings (SSSR count). The Labute approximate surface area is 166 Å². The summed E-state index contributed by atoms with van der Waals surface area (Å²) in [6.45, 7) is 1.63. The molecular weight excluding hydrogens is 352 g/mol. The van der Waals surface area contributed by atoms with Crippen LogP contribution in [0.4, 0.5) is 0 Å². The van der Waals surface area contributed by atoms with Crippen LogP contribution in [0.5, 0.6) is 0 Å². The molecule has 6 nitrogen and oxygen atoms in total. The van der Waals surface area contributed by atoms with Gasteiger partial charge in [0.05, 0.1) is 18.0 Å². The zero-order valence-electron chi connectivity index (χ0n) is 16.8. The van der Waals surface area contributed by atoms with Gasteiger partial charge in [-0.2, -0.15) is 0 Å². The van der Waals surface area contributed by atoms with E-state index in [-0.39, 0.29) is 17.4 Å². The average molecular weight is 383 g/mol. The fraction of sp³-hybridized carbons (Fsp3) is 0.682. The van der Waals surface area contributed by atoms with Gasteiger partial charge in [0, 0.05) is 37.9 Å². The zero-order valence-corrected chi connectivity index (χ0v) is 16.8. The predicted octanol–water partition coefficient (Wildman–Crippen LogP) is 3.97.